The highest BCUT2D eigenvalue weighted by Crippen LogP contribution is 2.21. The van der Waals surface area contributed by atoms with Crippen molar-refractivity contribution in [2.75, 3.05) is 17.7 Å². The number of rotatable bonds is 4. The minimum atomic E-state index is 0.0691. The highest BCUT2D eigenvalue weighted by atomic mass is 35.5. The fraction of sp³-hybridized carbons (Fsp3) is 0.462. The molecule has 2 rings (SSSR count). The second kappa shape index (κ2) is 4.57. The number of anilines is 1. The molecule has 0 bridgehead atoms. The summed E-state index contributed by atoms with van der Waals surface area (Å²) in [5, 5.41) is 3.36. The first-order chi connectivity index (χ1) is 8.03. The number of nitrogens with zero attached hydrogens (tertiary/aromatic N) is 2. The Bertz CT molecular complexity index is 516. The molecule has 0 unspecified atom stereocenters. The Morgan fingerprint density at radius 3 is 2.71 bits per heavy atom. The van der Waals surface area contributed by atoms with Gasteiger partial charge in [0.2, 0.25) is 5.95 Å². The van der Waals surface area contributed by atoms with Gasteiger partial charge in [-0.1, -0.05) is 26.0 Å². The van der Waals surface area contributed by atoms with Crippen molar-refractivity contribution in [1.29, 1.82) is 0 Å². The Labute approximate surface area is 107 Å². The lowest BCUT2D eigenvalue weighted by Gasteiger charge is -2.21. The molecule has 4 heteroatoms. The fourth-order valence-electron chi connectivity index (χ4n) is 1.67. The number of nitrogens with one attached hydrogen (secondary N) is 1. The first-order valence-electron chi connectivity index (χ1n) is 5.75. The molecule has 1 N–H and O–H groups in total. The highest BCUT2D eigenvalue weighted by Gasteiger charge is 2.17. The standard InChI is InChI=1S/C13H18ClN3/c1-13(2,8-14)9-15-12-16-10-6-4-5-7-11(10)17(12)3/h4-7H,8-9H2,1-3H3,(H,15,16). The van der Waals surface area contributed by atoms with Crippen LogP contribution in [0.5, 0.6) is 0 Å². The quantitative estimate of drug-likeness (QED) is 0.846. The maximum Gasteiger partial charge on any atom is 0.203 e. The molecule has 17 heavy (non-hydrogen) atoms. The third-order valence-corrected chi connectivity index (χ3v) is 3.60. The first kappa shape index (κ1) is 12.2. The van der Waals surface area contributed by atoms with Crippen molar-refractivity contribution in [3.8, 4) is 0 Å². The van der Waals surface area contributed by atoms with Crippen LogP contribution in [0.25, 0.3) is 11.0 Å². The summed E-state index contributed by atoms with van der Waals surface area (Å²) < 4.78 is 2.07. The van der Waals surface area contributed by atoms with Crippen LogP contribution in [0.4, 0.5) is 5.95 Å². The molecule has 1 aromatic carbocycles. The van der Waals surface area contributed by atoms with Crippen LogP contribution < -0.4 is 5.32 Å². The zero-order chi connectivity index (χ0) is 12.5. The summed E-state index contributed by atoms with van der Waals surface area (Å²) in [5.41, 5.74) is 2.22. The van der Waals surface area contributed by atoms with E-state index in [1.54, 1.807) is 0 Å². The third kappa shape index (κ3) is 2.55. The third-order valence-electron chi connectivity index (χ3n) is 2.87. The van der Waals surface area contributed by atoms with Crippen LogP contribution in [-0.2, 0) is 7.05 Å². The molecular weight excluding hydrogens is 234 g/mol. The van der Waals surface area contributed by atoms with Crippen molar-refractivity contribution >= 4 is 28.6 Å². The molecule has 0 atom stereocenters. The number of aromatic nitrogens is 2. The van der Waals surface area contributed by atoms with Gasteiger partial charge in [-0.25, -0.2) is 4.98 Å². The van der Waals surface area contributed by atoms with E-state index in [9.17, 15) is 0 Å². The van der Waals surface area contributed by atoms with Gasteiger partial charge in [-0.3, -0.25) is 0 Å². The maximum atomic E-state index is 5.91. The van der Waals surface area contributed by atoms with Crippen molar-refractivity contribution in [3.63, 3.8) is 0 Å². The zero-order valence-electron chi connectivity index (χ0n) is 10.5. The van der Waals surface area contributed by atoms with Crippen LogP contribution in [0.15, 0.2) is 24.3 Å². The second-order valence-corrected chi connectivity index (χ2v) is 5.40. The second-order valence-electron chi connectivity index (χ2n) is 5.13. The van der Waals surface area contributed by atoms with Gasteiger partial charge < -0.3 is 9.88 Å². The molecule has 0 saturated carbocycles. The number of alkyl halides is 1. The van der Waals surface area contributed by atoms with E-state index in [-0.39, 0.29) is 5.41 Å². The molecule has 0 spiro atoms. The topological polar surface area (TPSA) is 29.9 Å². The monoisotopic (exact) mass is 251 g/mol. The van der Waals surface area contributed by atoms with Crippen molar-refractivity contribution in [2.45, 2.75) is 13.8 Å². The summed E-state index contributed by atoms with van der Waals surface area (Å²) in [6.45, 7) is 5.08. The summed E-state index contributed by atoms with van der Waals surface area (Å²) in [7, 11) is 2.02. The number of halogens is 1. The van der Waals surface area contributed by atoms with Gasteiger partial charge in [0.1, 0.15) is 0 Å². The van der Waals surface area contributed by atoms with Gasteiger partial charge in [0.15, 0.2) is 0 Å². The summed E-state index contributed by atoms with van der Waals surface area (Å²) >= 11 is 5.91. The van der Waals surface area contributed by atoms with Crippen molar-refractivity contribution in [1.82, 2.24) is 9.55 Å². The van der Waals surface area contributed by atoms with E-state index >= 15 is 0 Å². The van der Waals surface area contributed by atoms with Crippen LogP contribution >= 0.6 is 11.6 Å². The predicted molar refractivity (Wildman–Crippen MR) is 73.7 cm³/mol. The summed E-state index contributed by atoms with van der Waals surface area (Å²) in [4.78, 5) is 4.56. The van der Waals surface area contributed by atoms with Crippen molar-refractivity contribution < 1.29 is 0 Å². The van der Waals surface area contributed by atoms with Crippen LogP contribution in [0.3, 0.4) is 0 Å². The Kier molecular flexibility index (Phi) is 3.29. The Morgan fingerprint density at radius 2 is 2.06 bits per heavy atom. The molecule has 3 nitrogen and oxygen atoms in total. The maximum absolute atomic E-state index is 5.91. The van der Waals surface area contributed by atoms with E-state index in [0.717, 1.165) is 23.5 Å². The fourth-order valence-corrected chi connectivity index (χ4v) is 1.76. The van der Waals surface area contributed by atoms with Crippen LogP contribution in [0.2, 0.25) is 0 Å². The lowest BCUT2D eigenvalue weighted by Crippen LogP contribution is -2.25. The van der Waals surface area contributed by atoms with Crippen molar-refractivity contribution in [3.05, 3.63) is 24.3 Å². The Hall–Kier alpha value is -1.22. The number of aryl methyl sites for hydroxylation is 1. The normalized spacial score (nSPS) is 12.0. The number of para-hydroxylation sites is 2. The van der Waals surface area contributed by atoms with Gasteiger partial charge in [0.05, 0.1) is 11.0 Å². The average molecular weight is 252 g/mol. The van der Waals surface area contributed by atoms with Gasteiger partial charge in [-0.2, -0.15) is 0 Å². The van der Waals surface area contributed by atoms with Crippen molar-refractivity contribution in [2.24, 2.45) is 12.5 Å². The number of benzene rings is 1. The molecule has 92 valence electrons. The highest BCUT2D eigenvalue weighted by molar-refractivity contribution is 6.18. The molecule has 0 fully saturated rings. The molecule has 1 aromatic heterocycles. The molecule has 0 aliphatic carbocycles. The minimum Gasteiger partial charge on any atom is -0.355 e. The lowest BCUT2D eigenvalue weighted by molar-refractivity contribution is 0.448. The van der Waals surface area contributed by atoms with E-state index in [0.29, 0.717) is 5.88 Å². The molecule has 2 aromatic rings. The summed E-state index contributed by atoms with van der Waals surface area (Å²) in [5.74, 6) is 1.52. The number of fused-ring (bicyclic) bond motifs is 1. The first-order valence-corrected chi connectivity index (χ1v) is 6.28. The zero-order valence-corrected chi connectivity index (χ0v) is 11.3. The SMILES string of the molecule is Cn1c(NCC(C)(C)CCl)nc2ccccc21. The molecule has 0 radical (unpaired) electrons. The predicted octanol–water partition coefficient (Wildman–Crippen LogP) is 3.25. The minimum absolute atomic E-state index is 0.0691. The van der Waals surface area contributed by atoms with Crippen LogP contribution in [-0.4, -0.2) is 22.0 Å². The lowest BCUT2D eigenvalue weighted by atomic mass is 9.97. The van der Waals surface area contributed by atoms with E-state index in [2.05, 4.69) is 34.8 Å². The van der Waals surface area contributed by atoms with E-state index in [1.165, 1.54) is 0 Å². The Balaban J connectivity index is 2.22. The van der Waals surface area contributed by atoms with Gasteiger partial charge in [0.25, 0.3) is 0 Å². The Morgan fingerprint density at radius 1 is 1.35 bits per heavy atom. The molecule has 0 aliphatic rings. The molecule has 0 amide bonds. The van der Waals surface area contributed by atoms with E-state index in [4.69, 9.17) is 11.6 Å². The van der Waals surface area contributed by atoms with E-state index < -0.39 is 0 Å². The number of imidazole rings is 1. The molecule has 1 heterocycles. The van der Waals surface area contributed by atoms with Gasteiger partial charge in [-0.05, 0) is 17.5 Å². The average Bonchev–Trinajstić information content (AvgIpc) is 2.65. The smallest absolute Gasteiger partial charge is 0.203 e. The van der Waals surface area contributed by atoms with Crippen LogP contribution in [0.1, 0.15) is 13.8 Å². The molecule has 0 aliphatic heterocycles. The molecular formula is C13H18ClN3. The largest absolute Gasteiger partial charge is 0.355 e. The number of hydrogen-bond acceptors (Lipinski definition) is 2. The van der Waals surface area contributed by atoms with Gasteiger partial charge in [0, 0.05) is 19.5 Å². The van der Waals surface area contributed by atoms with Gasteiger partial charge >= 0.3 is 0 Å². The van der Waals surface area contributed by atoms with Crippen LogP contribution in [0, 0.1) is 5.41 Å². The summed E-state index contributed by atoms with van der Waals surface area (Å²) in [6, 6.07) is 8.12. The number of hydrogen-bond donors (Lipinski definition) is 1. The summed E-state index contributed by atoms with van der Waals surface area (Å²) in [6.07, 6.45) is 0. The van der Waals surface area contributed by atoms with E-state index in [1.807, 2.05) is 25.2 Å². The van der Waals surface area contributed by atoms with Gasteiger partial charge in [-0.15, -0.1) is 11.6 Å². The molecule has 0 saturated heterocycles.